The van der Waals surface area contributed by atoms with Gasteiger partial charge in [-0.05, 0) is 72.9 Å². The number of carbonyl (C=O) groups excluding carboxylic acids is 1. The summed E-state index contributed by atoms with van der Waals surface area (Å²) >= 11 is 0. The van der Waals surface area contributed by atoms with Gasteiger partial charge in [0, 0.05) is 40.1 Å². The summed E-state index contributed by atoms with van der Waals surface area (Å²) in [5.41, 5.74) is 3.76. The van der Waals surface area contributed by atoms with Gasteiger partial charge in [0.25, 0.3) is 0 Å². The Morgan fingerprint density at radius 2 is 1.83 bits per heavy atom. The first-order valence-electron chi connectivity index (χ1n) is 11.7. The molecule has 6 rings (SSSR count). The minimum atomic E-state index is -3.25. The minimum Gasteiger partial charge on any atom is -0.340 e. The third-order valence-electron chi connectivity index (χ3n) is 6.81. The van der Waals surface area contributed by atoms with Crippen LogP contribution >= 0.6 is 0 Å². The lowest BCUT2D eigenvalue weighted by Crippen LogP contribution is -2.18. The van der Waals surface area contributed by atoms with Crippen molar-refractivity contribution in [3.8, 4) is 11.8 Å². The van der Waals surface area contributed by atoms with Crippen molar-refractivity contribution in [2.45, 2.75) is 30.1 Å². The van der Waals surface area contributed by atoms with Crippen LogP contribution < -0.4 is 10.6 Å². The Morgan fingerprint density at radius 3 is 2.58 bits per heavy atom. The molecular weight excluding hydrogens is 472 g/mol. The molecule has 1 aliphatic carbocycles. The third-order valence-corrected chi connectivity index (χ3v) is 8.56. The van der Waals surface area contributed by atoms with Gasteiger partial charge in [-0.1, -0.05) is 18.9 Å². The second kappa shape index (κ2) is 8.18. The largest absolute Gasteiger partial charge is 0.340 e. The lowest BCUT2D eigenvalue weighted by atomic mass is 9.97. The number of benzene rings is 2. The van der Waals surface area contributed by atoms with Gasteiger partial charge >= 0.3 is 0 Å². The van der Waals surface area contributed by atoms with Crippen LogP contribution in [0, 0.1) is 11.8 Å². The van der Waals surface area contributed by atoms with E-state index >= 15 is 0 Å². The zero-order valence-electron chi connectivity index (χ0n) is 19.5. The van der Waals surface area contributed by atoms with Gasteiger partial charge in [-0.3, -0.25) is 4.79 Å². The molecular formula is C28H22N4O3S. The molecule has 0 unspecified atom stereocenters. The van der Waals surface area contributed by atoms with E-state index < -0.39 is 9.84 Å². The molecule has 1 spiro atoms. The second-order valence-corrected chi connectivity index (χ2v) is 11.3. The van der Waals surface area contributed by atoms with Gasteiger partial charge in [-0.2, -0.15) is 0 Å². The number of pyridine rings is 2. The number of sulfone groups is 1. The van der Waals surface area contributed by atoms with Crippen molar-refractivity contribution in [1.29, 1.82) is 0 Å². The molecule has 3 heterocycles. The Morgan fingerprint density at radius 1 is 1.03 bits per heavy atom. The molecule has 2 N–H and O–H groups in total. The second-order valence-electron chi connectivity index (χ2n) is 9.05. The predicted octanol–water partition coefficient (Wildman–Crippen LogP) is 4.55. The first-order chi connectivity index (χ1) is 17.4. The molecule has 1 saturated carbocycles. The number of fused-ring (bicyclic) bond motifs is 3. The molecule has 7 nitrogen and oxygen atoms in total. The molecule has 1 aliphatic heterocycles. The highest BCUT2D eigenvalue weighted by Crippen LogP contribution is 2.55. The van der Waals surface area contributed by atoms with Crippen LogP contribution in [0.15, 0.2) is 71.9 Å². The number of amides is 1. The SMILES string of the molecule is CCS(=O)(=O)c1ccc(Nc2cc3c(C#Cc4ccc5c(c4)NC(=O)C54CC4)nccc3cn2)cc1. The summed E-state index contributed by atoms with van der Waals surface area (Å²) in [6, 6.07) is 16.3. The molecule has 1 amide bonds. The van der Waals surface area contributed by atoms with Crippen LogP contribution in [-0.2, 0) is 20.0 Å². The Bertz CT molecular complexity index is 1710. The summed E-state index contributed by atoms with van der Waals surface area (Å²) in [6.45, 7) is 1.63. The zero-order valence-corrected chi connectivity index (χ0v) is 20.3. The van der Waals surface area contributed by atoms with Crippen LogP contribution in [0.4, 0.5) is 17.2 Å². The summed E-state index contributed by atoms with van der Waals surface area (Å²) in [4.78, 5) is 21.5. The van der Waals surface area contributed by atoms with Crippen molar-refractivity contribution < 1.29 is 13.2 Å². The van der Waals surface area contributed by atoms with Gasteiger partial charge in [0.05, 0.1) is 16.1 Å². The number of hydrogen-bond donors (Lipinski definition) is 2. The van der Waals surface area contributed by atoms with Gasteiger partial charge in [0.1, 0.15) is 11.5 Å². The van der Waals surface area contributed by atoms with E-state index in [1.807, 2.05) is 30.3 Å². The van der Waals surface area contributed by atoms with Crippen LogP contribution in [-0.4, -0.2) is 30.0 Å². The highest BCUT2D eigenvalue weighted by atomic mass is 32.2. The molecule has 2 aromatic carbocycles. The molecule has 8 heteroatoms. The monoisotopic (exact) mass is 494 g/mol. The average Bonchev–Trinajstić information content (AvgIpc) is 3.65. The van der Waals surface area contributed by atoms with Crippen molar-refractivity contribution in [2.24, 2.45) is 0 Å². The quantitative estimate of drug-likeness (QED) is 0.404. The molecule has 2 aromatic heterocycles. The molecule has 1 fully saturated rings. The highest BCUT2D eigenvalue weighted by Gasteiger charge is 2.56. The van der Waals surface area contributed by atoms with Crippen LogP contribution in [0.1, 0.15) is 36.6 Å². The summed E-state index contributed by atoms with van der Waals surface area (Å²) in [5.74, 6) is 7.09. The van der Waals surface area contributed by atoms with Gasteiger partial charge in [-0.25, -0.2) is 18.4 Å². The fourth-order valence-corrected chi connectivity index (χ4v) is 5.44. The fourth-order valence-electron chi connectivity index (χ4n) is 4.55. The minimum absolute atomic E-state index is 0.0592. The number of anilines is 3. The lowest BCUT2D eigenvalue weighted by Gasteiger charge is -2.08. The number of nitrogens with zero attached hydrogens (tertiary/aromatic N) is 2. The fraction of sp³-hybridized carbons (Fsp3) is 0.179. The van der Waals surface area contributed by atoms with E-state index in [9.17, 15) is 13.2 Å². The summed E-state index contributed by atoms with van der Waals surface area (Å²) in [7, 11) is -3.25. The summed E-state index contributed by atoms with van der Waals surface area (Å²) < 4.78 is 24.1. The Balaban J connectivity index is 1.28. The standard InChI is InChI=1S/C28H22N4O3S/c1-2-36(34,35)21-7-5-20(6-8-21)31-26-16-22-19(17-30-26)11-14-29-24(22)10-4-18-3-9-23-25(15-18)32-27(33)28(23)12-13-28/h3,5-9,11,14-17H,2,12-13H2,1H3,(H,30,31)(H,32,33). The number of nitrogens with one attached hydrogen (secondary N) is 2. The molecule has 2 aliphatic rings. The van der Waals surface area contributed by atoms with Crippen LogP contribution in [0.3, 0.4) is 0 Å². The molecule has 178 valence electrons. The predicted molar refractivity (Wildman–Crippen MR) is 139 cm³/mol. The summed E-state index contributed by atoms with van der Waals surface area (Å²) in [5, 5.41) is 7.96. The van der Waals surface area contributed by atoms with E-state index in [4.69, 9.17) is 0 Å². The van der Waals surface area contributed by atoms with E-state index in [0.717, 1.165) is 46.1 Å². The van der Waals surface area contributed by atoms with Crippen LogP contribution in [0.2, 0.25) is 0 Å². The molecule has 0 radical (unpaired) electrons. The van der Waals surface area contributed by atoms with E-state index in [0.29, 0.717) is 16.4 Å². The first kappa shape index (κ1) is 22.3. The molecule has 0 atom stereocenters. The molecule has 0 bridgehead atoms. The maximum Gasteiger partial charge on any atom is 0.235 e. The number of aromatic nitrogens is 2. The molecule has 0 saturated heterocycles. The third kappa shape index (κ3) is 3.78. The van der Waals surface area contributed by atoms with Gasteiger partial charge in [0.15, 0.2) is 9.84 Å². The van der Waals surface area contributed by atoms with Crippen molar-refractivity contribution in [3.05, 3.63) is 83.8 Å². The van der Waals surface area contributed by atoms with Gasteiger partial charge in [0.2, 0.25) is 5.91 Å². The van der Waals surface area contributed by atoms with E-state index in [1.165, 1.54) is 0 Å². The van der Waals surface area contributed by atoms with E-state index in [1.54, 1.807) is 43.6 Å². The smallest absolute Gasteiger partial charge is 0.235 e. The van der Waals surface area contributed by atoms with Gasteiger partial charge < -0.3 is 10.6 Å². The van der Waals surface area contributed by atoms with Gasteiger partial charge in [-0.15, -0.1) is 0 Å². The van der Waals surface area contributed by atoms with E-state index in [-0.39, 0.29) is 17.1 Å². The first-order valence-corrected chi connectivity index (χ1v) is 13.4. The average molecular weight is 495 g/mol. The van der Waals surface area contributed by atoms with E-state index in [2.05, 4.69) is 32.4 Å². The molecule has 36 heavy (non-hydrogen) atoms. The van der Waals surface area contributed by atoms with Crippen LogP contribution in [0.5, 0.6) is 0 Å². The highest BCUT2D eigenvalue weighted by molar-refractivity contribution is 7.91. The van der Waals surface area contributed by atoms with Crippen molar-refractivity contribution in [3.63, 3.8) is 0 Å². The maximum absolute atomic E-state index is 12.3. The number of carbonyl (C=O) groups is 1. The van der Waals surface area contributed by atoms with Crippen LogP contribution in [0.25, 0.3) is 10.8 Å². The Hall–Kier alpha value is -4.22. The zero-order chi connectivity index (χ0) is 24.9. The summed E-state index contributed by atoms with van der Waals surface area (Å²) in [6.07, 6.45) is 5.26. The Labute approximate surface area is 208 Å². The number of rotatable bonds is 4. The Kier molecular flexibility index (Phi) is 5.06. The van der Waals surface area contributed by atoms with Crippen molar-refractivity contribution in [1.82, 2.24) is 9.97 Å². The number of hydrogen-bond acceptors (Lipinski definition) is 6. The normalized spacial score (nSPS) is 15.2. The topological polar surface area (TPSA) is 101 Å². The molecule has 4 aromatic rings. The lowest BCUT2D eigenvalue weighted by molar-refractivity contribution is -0.117. The maximum atomic E-state index is 12.3. The van der Waals surface area contributed by atoms with Crippen molar-refractivity contribution >= 4 is 43.7 Å². The van der Waals surface area contributed by atoms with Crippen molar-refractivity contribution in [2.75, 3.05) is 16.4 Å².